The van der Waals surface area contributed by atoms with Crippen LogP contribution in [0.4, 0.5) is 8.78 Å². The Morgan fingerprint density at radius 3 is 3.08 bits per heavy atom. The topological polar surface area (TPSA) is 50.8 Å². The van der Waals surface area contributed by atoms with Gasteiger partial charge in [-0.25, -0.2) is 8.78 Å². The van der Waals surface area contributed by atoms with E-state index in [2.05, 4.69) is 20.1 Å². The zero-order valence-electron chi connectivity index (χ0n) is 6.74. The molecule has 0 spiro atoms. The van der Waals surface area contributed by atoms with Crippen molar-refractivity contribution in [2.24, 2.45) is 0 Å². The molecule has 0 aromatic carbocycles. The summed E-state index contributed by atoms with van der Waals surface area (Å²) in [5.41, 5.74) is 0. The molecule has 7 heteroatoms. The Balaban J connectivity index is 1.96. The molecule has 0 fully saturated rings. The van der Waals surface area contributed by atoms with Crippen LogP contribution >= 0.6 is 11.8 Å². The van der Waals surface area contributed by atoms with Crippen molar-refractivity contribution in [1.82, 2.24) is 15.4 Å². The number of aromatic nitrogens is 3. The number of rotatable bonds is 6. The number of ether oxygens (including phenoxy) is 1. The van der Waals surface area contributed by atoms with Crippen LogP contribution in [-0.2, 0) is 4.74 Å². The summed E-state index contributed by atoms with van der Waals surface area (Å²) in [6.07, 6.45) is -0.824. The van der Waals surface area contributed by atoms with Gasteiger partial charge in [0.25, 0.3) is 6.43 Å². The molecule has 0 bridgehead atoms. The predicted octanol–water partition coefficient (Wildman–Crippen LogP) is 1.18. The maximum Gasteiger partial charge on any atom is 0.261 e. The summed E-state index contributed by atoms with van der Waals surface area (Å²) in [6, 6.07) is 0. The third kappa shape index (κ3) is 4.79. The van der Waals surface area contributed by atoms with E-state index in [1.54, 1.807) is 6.20 Å². The van der Waals surface area contributed by atoms with Gasteiger partial charge in [-0.05, 0) is 0 Å². The highest BCUT2D eigenvalue weighted by Gasteiger charge is 2.01. The van der Waals surface area contributed by atoms with E-state index in [0.29, 0.717) is 12.4 Å². The van der Waals surface area contributed by atoms with Gasteiger partial charge in [0.2, 0.25) is 0 Å². The number of aromatic amines is 1. The second-order valence-electron chi connectivity index (χ2n) is 2.12. The third-order valence-electron chi connectivity index (χ3n) is 1.11. The Morgan fingerprint density at radius 2 is 2.46 bits per heavy atom. The van der Waals surface area contributed by atoms with Gasteiger partial charge >= 0.3 is 0 Å². The fraction of sp³-hybridized carbons (Fsp3) is 0.667. The molecule has 1 heterocycles. The van der Waals surface area contributed by atoms with Gasteiger partial charge in [-0.15, -0.1) is 16.9 Å². The minimum Gasteiger partial charge on any atom is -0.375 e. The van der Waals surface area contributed by atoms with Crippen LogP contribution in [0.3, 0.4) is 0 Å². The van der Waals surface area contributed by atoms with Crippen LogP contribution < -0.4 is 0 Å². The molecule has 0 saturated heterocycles. The van der Waals surface area contributed by atoms with Crippen molar-refractivity contribution in [1.29, 1.82) is 0 Å². The van der Waals surface area contributed by atoms with E-state index in [1.807, 2.05) is 0 Å². The molecule has 74 valence electrons. The van der Waals surface area contributed by atoms with Crippen LogP contribution in [0, 0.1) is 0 Å². The maximum absolute atomic E-state index is 11.6. The molecule has 0 saturated carbocycles. The second-order valence-corrected chi connectivity index (χ2v) is 3.24. The first kappa shape index (κ1) is 10.4. The molecule has 0 amide bonds. The summed E-state index contributed by atoms with van der Waals surface area (Å²) in [5.74, 6) is 0.596. The highest BCUT2D eigenvalue weighted by Crippen LogP contribution is 2.11. The number of halogens is 2. The monoisotopic (exact) mass is 209 g/mol. The summed E-state index contributed by atoms with van der Waals surface area (Å²) in [6.45, 7) is -0.207. The summed E-state index contributed by atoms with van der Waals surface area (Å²) < 4.78 is 27.8. The van der Waals surface area contributed by atoms with Gasteiger partial charge in [0.1, 0.15) is 11.6 Å². The summed E-state index contributed by atoms with van der Waals surface area (Å²) in [4.78, 5) is 0. The average molecular weight is 209 g/mol. The highest BCUT2D eigenvalue weighted by molar-refractivity contribution is 7.99. The van der Waals surface area contributed by atoms with Gasteiger partial charge in [-0.2, -0.15) is 10.3 Å². The lowest BCUT2D eigenvalue weighted by atomic mass is 10.7. The van der Waals surface area contributed by atoms with Crippen molar-refractivity contribution in [3.05, 3.63) is 6.20 Å². The molecular formula is C6H9F2N3OS. The Morgan fingerprint density at radius 1 is 1.62 bits per heavy atom. The first-order chi connectivity index (χ1) is 6.29. The normalized spacial score (nSPS) is 11.0. The quantitative estimate of drug-likeness (QED) is 0.564. The van der Waals surface area contributed by atoms with Crippen molar-refractivity contribution in [3.63, 3.8) is 0 Å². The first-order valence-corrected chi connectivity index (χ1v) is 4.62. The van der Waals surface area contributed by atoms with Crippen LogP contribution in [0.25, 0.3) is 0 Å². The molecule has 0 aliphatic carbocycles. The van der Waals surface area contributed by atoms with Gasteiger partial charge in [0.15, 0.2) is 0 Å². The molecular weight excluding hydrogens is 200 g/mol. The molecule has 0 aliphatic heterocycles. The Bertz CT molecular complexity index is 220. The van der Waals surface area contributed by atoms with E-state index in [9.17, 15) is 8.78 Å². The Labute approximate surface area is 78.0 Å². The first-order valence-electron chi connectivity index (χ1n) is 3.63. The molecule has 0 unspecified atom stereocenters. The summed E-state index contributed by atoms with van der Waals surface area (Å²) in [7, 11) is 0. The SMILES string of the molecule is FC(F)COCCSc1cn[nH]n1. The largest absolute Gasteiger partial charge is 0.375 e. The molecule has 1 aromatic heterocycles. The van der Waals surface area contributed by atoms with Crippen LogP contribution in [0.5, 0.6) is 0 Å². The zero-order chi connectivity index (χ0) is 9.52. The summed E-state index contributed by atoms with van der Waals surface area (Å²) >= 11 is 1.40. The van der Waals surface area contributed by atoms with E-state index >= 15 is 0 Å². The molecule has 0 aliphatic rings. The number of nitrogens with one attached hydrogen (secondary N) is 1. The fourth-order valence-electron chi connectivity index (χ4n) is 0.638. The molecule has 13 heavy (non-hydrogen) atoms. The minimum absolute atomic E-state index is 0.294. The highest BCUT2D eigenvalue weighted by atomic mass is 32.2. The van der Waals surface area contributed by atoms with Crippen LogP contribution in [0.2, 0.25) is 0 Å². The minimum atomic E-state index is -2.39. The number of alkyl halides is 2. The standard InChI is InChI=1S/C6H9F2N3OS/c7-5(8)4-12-1-2-13-6-3-9-11-10-6/h3,5H,1-2,4H2,(H,9,10,11). The predicted molar refractivity (Wildman–Crippen MR) is 43.9 cm³/mol. The van der Waals surface area contributed by atoms with Crippen molar-refractivity contribution in [2.45, 2.75) is 11.5 Å². The lowest BCUT2D eigenvalue weighted by Gasteiger charge is -2.00. The molecule has 4 nitrogen and oxygen atoms in total. The molecule has 0 radical (unpaired) electrons. The molecule has 0 atom stereocenters. The molecule has 1 aromatic rings. The van der Waals surface area contributed by atoms with E-state index in [4.69, 9.17) is 0 Å². The zero-order valence-corrected chi connectivity index (χ0v) is 7.56. The van der Waals surface area contributed by atoms with E-state index in [-0.39, 0.29) is 0 Å². The number of nitrogens with zero attached hydrogens (tertiary/aromatic N) is 2. The Kier molecular flexibility index (Phi) is 4.69. The summed E-state index contributed by atoms with van der Waals surface area (Å²) in [5, 5.41) is 10.5. The lowest BCUT2D eigenvalue weighted by molar-refractivity contribution is 0.0237. The Hall–Kier alpha value is -0.690. The fourth-order valence-corrected chi connectivity index (χ4v) is 1.28. The second kappa shape index (κ2) is 5.87. The van der Waals surface area contributed by atoms with Gasteiger partial charge in [-0.1, -0.05) is 0 Å². The van der Waals surface area contributed by atoms with Gasteiger partial charge in [0, 0.05) is 5.75 Å². The van der Waals surface area contributed by atoms with E-state index < -0.39 is 13.0 Å². The van der Waals surface area contributed by atoms with Crippen LogP contribution in [0.15, 0.2) is 11.2 Å². The van der Waals surface area contributed by atoms with Crippen molar-refractivity contribution >= 4 is 11.8 Å². The molecule has 1 rings (SSSR count). The number of H-pyrrole nitrogens is 1. The van der Waals surface area contributed by atoms with Crippen molar-refractivity contribution in [3.8, 4) is 0 Å². The molecule has 1 N–H and O–H groups in total. The smallest absolute Gasteiger partial charge is 0.261 e. The van der Waals surface area contributed by atoms with Crippen molar-refractivity contribution < 1.29 is 13.5 Å². The third-order valence-corrected chi connectivity index (χ3v) is 1.98. The van der Waals surface area contributed by atoms with Crippen LogP contribution in [-0.4, -0.2) is 40.8 Å². The van der Waals surface area contributed by atoms with Crippen molar-refractivity contribution in [2.75, 3.05) is 19.0 Å². The van der Waals surface area contributed by atoms with Gasteiger partial charge in [-0.3, -0.25) is 0 Å². The van der Waals surface area contributed by atoms with E-state index in [0.717, 1.165) is 5.03 Å². The maximum atomic E-state index is 11.6. The van der Waals surface area contributed by atoms with Gasteiger partial charge < -0.3 is 4.74 Å². The average Bonchev–Trinajstić information content (AvgIpc) is 2.55. The van der Waals surface area contributed by atoms with Gasteiger partial charge in [0.05, 0.1) is 12.8 Å². The number of hydrogen-bond acceptors (Lipinski definition) is 4. The number of hydrogen-bond donors (Lipinski definition) is 1. The van der Waals surface area contributed by atoms with E-state index in [1.165, 1.54) is 11.8 Å². The van der Waals surface area contributed by atoms with Crippen LogP contribution in [0.1, 0.15) is 0 Å². The lowest BCUT2D eigenvalue weighted by Crippen LogP contribution is -2.06. The number of thioether (sulfide) groups is 1.